The first kappa shape index (κ1) is 19.1. The fourth-order valence-corrected chi connectivity index (χ4v) is 3.59. The summed E-state index contributed by atoms with van der Waals surface area (Å²) in [5, 5.41) is 4.99. The molecule has 0 saturated carbocycles. The topological polar surface area (TPSA) is 74.2 Å². The predicted octanol–water partition coefficient (Wildman–Crippen LogP) is 2.88. The summed E-state index contributed by atoms with van der Waals surface area (Å²) in [7, 11) is 0. The molecular weight excluding hydrogens is 364 g/mol. The van der Waals surface area contributed by atoms with Gasteiger partial charge in [-0.3, -0.25) is 4.79 Å². The Morgan fingerprint density at radius 2 is 1.66 bits per heavy atom. The molecule has 0 radical (unpaired) electrons. The first-order valence-corrected chi connectivity index (χ1v) is 10.1. The first-order chi connectivity index (χ1) is 14.2. The summed E-state index contributed by atoms with van der Waals surface area (Å²) in [6.07, 6.45) is 6.15. The largest absolute Gasteiger partial charge is 0.353 e. The van der Waals surface area contributed by atoms with Gasteiger partial charge >= 0.3 is 0 Å². The number of anilines is 2. The van der Waals surface area contributed by atoms with Crippen molar-refractivity contribution in [3.05, 3.63) is 54.5 Å². The van der Waals surface area contributed by atoms with E-state index in [1.807, 2.05) is 37.3 Å². The number of rotatable bonds is 5. The van der Waals surface area contributed by atoms with Crippen LogP contribution in [0, 0.1) is 0 Å². The van der Waals surface area contributed by atoms with Crippen molar-refractivity contribution in [1.29, 1.82) is 0 Å². The van der Waals surface area contributed by atoms with Gasteiger partial charge in [0, 0.05) is 56.2 Å². The quantitative estimate of drug-likeness (QED) is 0.722. The number of aromatic nitrogens is 3. The molecule has 1 saturated heterocycles. The average molecular weight is 390 g/mol. The van der Waals surface area contributed by atoms with E-state index in [9.17, 15) is 4.79 Å². The van der Waals surface area contributed by atoms with Crippen LogP contribution in [0.1, 0.15) is 30.6 Å². The highest BCUT2D eigenvalue weighted by atomic mass is 16.1. The summed E-state index contributed by atoms with van der Waals surface area (Å²) in [6.45, 7) is 7.39. The smallest absolute Gasteiger partial charge is 0.253 e. The lowest BCUT2D eigenvalue weighted by atomic mass is 10.1. The van der Waals surface area contributed by atoms with Gasteiger partial charge in [0.1, 0.15) is 5.82 Å². The second-order valence-corrected chi connectivity index (χ2v) is 7.35. The Morgan fingerprint density at radius 3 is 2.34 bits per heavy atom. The molecule has 0 spiro atoms. The van der Waals surface area contributed by atoms with Crippen molar-refractivity contribution >= 4 is 28.4 Å². The van der Waals surface area contributed by atoms with Gasteiger partial charge in [0.25, 0.3) is 5.91 Å². The standard InChI is InChI=1S/C22H26N6O/c1-3-16(2)26-21(29)19-15-25-20(18-8-5-4-7-17(18)19)27-11-13-28(14-12-27)22-23-9-6-10-24-22/h4-10,15-16H,3,11-14H2,1-2H3,(H,26,29). The number of nitrogens with zero attached hydrogens (tertiary/aromatic N) is 5. The molecule has 2 aromatic heterocycles. The van der Waals surface area contributed by atoms with Crippen LogP contribution < -0.4 is 15.1 Å². The van der Waals surface area contributed by atoms with Gasteiger partial charge < -0.3 is 15.1 Å². The zero-order valence-corrected chi connectivity index (χ0v) is 16.9. The highest BCUT2D eigenvalue weighted by Crippen LogP contribution is 2.28. The Morgan fingerprint density at radius 1 is 1.00 bits per heavy atom. The molecule has 3 heterocycles. The van der Waals surface area contributed by atoms with Crippen molar-refractivity contribution < 1.29 is 4.79 Å². The lowest BCUT2D eigenvalue weighted by Crippen LogP contribution is -2.47. The van der Waals surface area contributed by atoms with Gasteiger partial charge in [0.15, 0.2) is 0 Å². The Bertz CT molecular complexity index is 985. The molecule has 4 rings (SSSR count). The van der Waals surface area contributed by atoms with Crippen LogP contribution >= 0.6 is 0 Å². The normalized spacial score (nSPS) is 15.4. The van der Waals surface area contributed by atoms with Crippen molar-refractivity contribution in [2.24, 2.45) is 0 Å². The molecule has 3 aromatic rings. The highest BCUT2D eigenvalue weighted by molar-refractivity contribution is 6.09. The number of hydrogen-bond donors (Lipinski definition) is 1. The fourth-order valence-electron chi connectivity index (χ4n) is 3.59. The third kappa shape index (κ3) is 3.99. The van der Waals surface area contributed by atoms with E-state index in [4.69, 9.17) is 4.98 Å². The van der Waals surface area contributed by atoms with Crippen molar-refractivity contribution in [1.82, 2.24) is 20.3 Å². The molecule has 150 valence electrons. The van der Waals surface area contributed by atoms with Crippen molar-refractivity contribution in [3.63, 3.8) is 0 Å². The molecular formula is C22H26N6O. The van der Waals surface area contributed by atoms with E-state index >= 15 is 0 Å². The number of amides is 1. The van der Waals surface area contributed by atoms with Gasteiger partial charge in [-0.25, -0.2) is 15.0 Å². The first-order valence-electron chi connectivity index (χ1n) is 10.1. The van der Waals surface area contributed by atoms with Crippen molar-refractivity contribution in [2.45, 2.75) is 26.3 Å². The predicted molar refractivity (Wildman–Crippen MR) is 115 cm³/mol. The van der Waals surface area contributed by atoms with Gasteiger partial charge in [-0.05, 0) is 24.8 Å². The number of carbonyl (C=O) groups is 1. The number of benzene rings is 1. The fraction of sp³-hybridized carbons (Fsp3) is 0.364. The molecule has 1 aromatic carbocycles. The maximum atomic E-state index is 12.7. The third-order valence-corrected chi connectivity index (χ3v) is 5.42. The van der Waals surface area contributed by atoms with Crippen LogP contribution in [0.25, 0.3) is 10.8 Å². The van der Waals surface area contributed by atoms with Crippen LogP contribution in [0.2, 0.25) is 0 Å². The van der Waals surface area contributed by atoms with Gasteiger partial charge in [-0.1, -0.05) is 31.2 Å². The lowest BCUT2D eigenvalue weighted by Gasteiger charge is -2.35. The minimum atomic E-state index is -0.0688. The third-order valence-electron chi connectivity index (χ3n) is 5.42. The molecule has 0 aliphatic carbocycles. The Kier molecular flexibility index (Phi) is 5.55. The zero-order chi connectivity index (χ0) is 20.2. The summed E-state index contributed by atoms with van der Waals surface area (Å²) in [6, 6.07) is 9.97. The number of pyridine rings is 1. The number of nitrogens with one attached hydrogen (secondary N) is 1. The number of hydrogen-bond acceptors (Lipinski definition) is 6. The van der Waals surface area contributed by atoms with Gasteiger partial charge in [-0.2, -0.15) is 0 Å². The summed E-state index contributed by atoms with van der Waals surface area (Å²) < 4.78 is 0. The van der Waals surface area contributed by atoms with Crippen molar-refractivity contribution in [2.75, 3.05) is 36.0 Å². The minimum Gasteiger partial charge on any atom is -0.353 e. The van der Waals surface area contributed by atoms with E-state index in [0.29, 0.717) is 5.56 Å². The molecule has 7 heteroatoms. The molecule has 1 atom stereocenters. The number of fused-ring (bicyclic) bond motifs is 1. The van der Waals surface area contributed by atoms with Gasteiger partial charge in [0.2, 0.25) is 5.95 Å². The van der Waals surface area contributed by atoms with E-state index in [2.05, 4.69) is 32.0 Å². The van der Waals surface area contributed by atoms with E-state index in [1.165, 1.54) is 0 Å². The summed E-state index contributed by atoms with van der Waals surface area (Å²) in [5.41, 5.74) is 0.626. The van der Waals surface area contributed by atoms with E-state index in [0.717, 1.165) is 55.1 Å². The maximum Gasteiger partial charge on any atom is 0.253 e. The number of carbonyl (C=O) groups excluding carboxylic acids is 1. The second-order valence-electron chi connectivity index (χ2n) is 7.35. The average Bonchev–Trinajstić information content (AvgIpc) is 2.79. The van der Waals surface area contributed by atoms with Crippen LogP contribution in [0.5, 0.6) is 0 Å². The van der Waals surface area contributed by atoms with E-state index in [1.54, 1.807) is 18.6 Å². The summed E-state index contributed by atoms with van der Waals surface area (Å²) >= 11 is 0. The van der Waals surface area contributed by atoms with Crippen LogP contribution in [0.4, 0.5) is 11.8 Å². The monoisotopic (exact) mass is 390 g/mol. The van der Waals surface area contributed by atoms with Crippen molar-refractivity contribution in [3.8, 4) is 0 Å². The molecule has 1 unspecified atom stereocenters. The summed E-state index contributed by atoms with van der Waals surface area (Å²) in [5.74, 6) is 1.62. The SMILES string of the molecule is CCC(C)NC(=O)c1cnc(N2CCN(c3ncccn3)CC2)c2ccccc12. The molecule has 7 nitrogen and oxygen atoms in total. The molecule has 1 aliphatic rings. The Hall–Kier alpha value is -3.22. The second kappa shape index (κ2) is 8.43. The van der Waals surface area contributed by atoms with Gasteiger partial charge in [0.05, 0.1) is 5.56 Å². The summed E-state index contributed by atoms with van der Waals surface area (Å²) in [4.78, 5) is 30.6. The Balaban J connectivity index is 1.58. The Labute approximate surface area is 170 Å². The number of piperazine rings is 1. The lowest BCUT2D eigenvalue weighted by molar-refractivity contribution is 0.0940. The van der Waals surface area contributed by atoms with E-state index < -0.39 is 0 Å². The molecule has 0 bridgehead atoms. The zero-order valence-electron chi connectivity index (χ0n) is 16.9. The molecule has 1 amide bonds. The van der Waals surface area contributed by atoms with Crippen LogP contribution in [-0.4, -0.2) is 53.1 Å². The van der Waals surface area contributed by atoms with Crippen LogP contribution in [0.3, 0.4) is 0 Å². The van der Waals surface area contributed by atoms with Gasteiger partial charge in [-0.15, -0.1) is 0 Å². The molecule has 1 fully saturated rings. The molecule has 1 aliphatic heterocycles. The van der Waals surface area contributed by atoms with Crippen LogP contribution in [0.15, 0.2) is 48.9 Å². The molecule has 29 heavy (non-hydrogen) atoms. The van der Waals surface area contributed by atoms with E-state index in [-0.39, 0.29) is 11.9 Å². The minimum absolute atomic E-state index is 0.0688. The van der Waals surface area contributed by atoms with Crippen LogP contribution in [-0.2, 0) is 0 Å². The highest BCUT2D eigenvalue weighted by Gasteiger charge is 2.23. The molecule has 1 N–H and O–H groups in total. The maximum absolute atomic E-state index is 12.7.